The normalized spacial score (nSPS) is 13.1. The van der Waals surface area contributed by atoms with Crippen LogP contribution in [-0.2, 0) is 11.3 Å². The van der Waals surface area contributed by atoms with Crippen molar-refractivity contribution in [3.8, 4) is 0 Å². The summed E-state index contributed by atoms with van der Waals surface area (Å²) in [4.78, 5) is 11.6. The van der Waals surface area contributed by atoms with Crippen LogP contribution in [0.25, 0.3) is 0 Å². The summed E-state index contributed by atoms with van der Waals surface area (Å²) in [5, 5.41) is 18.5. The molecular formula is C10H15N3O2S. The monoisotopic (exact) mass is 241 g/mol. The minimum Gasteiger partial charge on any atom is -0.480 e. The molecule has 0 spiro atoms. The van der Waals surface area contributed by atoms with Crippen molar-refractivity contribution in [2.24, 2.45) is 16.0 Å². The molecule has 1 atom stereocenters. The Labute approximate surface area is 98.0 Å². The van der Waals surface area contributed by atoms with Crippen molar-refractivity contribution in [2.75, 3.05) is 6.54 Å². The van der Waals surface area contributed by atoms with Gasteiger partial charge in [0.05, 0.1) is 13.1 Å². The topological polar surface area (TPSA) is 88.0 Å². The average Bonchev–Trinajstić information content (AvgIpc) is 2.75. The molecule has 0 aromatic carbocycles. The molecule has 88 valence electrons. The number of nitrogens with zero attached hydrogens (tertiary/aromatic N) is 2. The molecule has 0 amide bonds. The molecule has 0 aliphatic rings. The van der Waals surface area contributed by atoms with Crippen molar-refractivity contribution in [2.45, 2.75) is 25.4 Å². The maximum Gasteiger partial charge on any atom is 0.320 e. The van der Waals surface area contributed by atoms with Gasteiger partial charge in [0.25, 0.3) is 0 Å². The van der Waals surface area contributed by atoms with Gasteiger partial charge in [-0.25, -0.2) is 0 Å². The first kappa shape index (κ1) is 12.8. The Morgan fingerprint density at radius 2 is 2.38 bits per heavy atom. The molecule has 0 fully saturated rings. The number of nitrogens with two attached hydrogens (primary N) is 1. The molecule has 0 bridgehead atoms. The minimum atomic E-state index is -0.962. The summed E-state index contributed by atoms with van der Waals surface area (Å²) in [6, 6.07) is 3.19. The van der Waals surface area contributed by atoms with E-state index in [1.54, 1.807) is 11.3 Å². The van der Waals surface area contributed by atoms with Crippen LogP contribution in [0.2, 0.25) is 0 Å². The number of thiophene rings is 1. The van der Waals surface area contributed by atoms with Crippen LogP contribution in [0.3, 0.4) is 0 Å². The van der Waals surface area contributed by atoms with E-state index in [-0.39, 0.29) is 0 Å². The second kappa shape index (κ2) is 7.08. The van der Waals surface area contributed by atoms with E-state index in [0.717, 1.165) is 0 Å². The van der Waals surface area contributed by atoms with Crippen molar-refractivity contribution < 1.29 is 9.90 Å². The molecule has 0 aliphatic heterocycles. The number of carbonyl (C=O) groups is 1. The SMILES string of the molecule is N[C@@H](CCCN=NCc1cccs1)C(=O)O. The predicted octanol–water partition coefficient (Wildman–Crippen LogP) is 1.89. The zero-order valence-electron chi connectivity index (χ0n) is 8.87. The van der Waals surface area contributed by atoms with Gasteiger partial charge in [-0.05, 0) is 24.3 Å². The first-order valence-corrected chi connectivity index (χ1v) is 5.92. The van der Waals surface area contributed by atoms with Gasteiger partial charge in [0, 0.05) is 4.88 Å². The van der Waals surface area contributed by atoms with Crippen LogP contribution >= 0.6 is 11.3 Å². The Morgan fingerprint density at radius 3 is 3.00 bits per heavy atom. The second-order valence-electron chi connectivity index (χ2n) is 3.33. The highest BCUT2D eigenvalue weighted by atomic mass is 32.1. The number of carboxylic acids is 1. The van der Waals surface area contributed by atoms with E-state index in [9.17, 15) is 4.79 Å². The van der Waals surface area contributed by atoms with Crippen LogP contribution in [0.1, 0.15) is 17.7 Å². The van der Waals surface area contributed by atoms with Gasteiger partial charge in [-0.1, -0.05) is 6.07 Å². The number of aliphatic carboxylic acids is 1. The van der Waals surface area contributed by atoms with Gasteiger partial charge in [-0.15, -0.1) is 11.3 Å². The van der Waals surface area contributed by atoms with E-state index in [0.29, 0.717) is 25.9 Å². The number of rotatable bonds is 7. The lowest BCUT2D eigenvalue weighted by Gasteiger charge is -2.02. The molecular weight excluding hydrogens is 226 g/mol. The zero-order valence-corrected chi connectivity index (χ0v) is 9.69. The van der Waals surface area contributed by atoms with Crippen LogP contribution in [-0.4, -0.2) is 23.7 Å². The second-order valence-corrected chi connectivity index (χ2v) is 4.36. The minimum absolute atomic E-state index is 0.438. The van der Waals surface area contributed by atoms with Crippen LogP contribution in [0.5, 0.6) is 0 Å². The Bertz CT molecular complexity index is 338. The van der Waals surface area contributed by atoms with Crippen LogP contribution in [0.4, 0.5) is 0 Å². The third-order valence-electron chi connectivity index (χ3n) is 2.00. The summed E-state index contributed by atoms with van der Waals surface area (Å²) in [6.45, 7) is 1.13. The summed E-state index contributed by atoms with van der Waals surface area (Å²) in [7, 11) is 0. The summed E-state index contributed by atoms with van der Waals surface area (Å²) in [5.74, 6) is -0.962. The van der Waals surface area contributed by atoms with Gasteiger partial charge < -0.3 is 10.8 Å². The van der Waals surface area contributed by atoms with E-state index in [1.807, 2.05) is 17.5 Å². The lowest BCUT2D eigenvalue weighted by molar-refractivity contribution is -0.138. The number of hydrogen-bond donors (Lipinski definition) is 2. The van der Waals surface area contributed by atoms with E-state index in [1.165, 1.54) is 4.88 Å². The molecule has 1 rings (SSSR count). The molecule has 0 aliphatic carbocycles. The highest BCUT2D eigenvalue weighted by molar-refractivity contribution is 7.09. The standard InChI is InChI=1S/C10H15N3O2S/c11-9(10(14)15)4-1-5-12-13-7-8-3-2-6-16-8/h2-3,6,9H,1,4-5,7,11H2,(H,14,15)/t9-/m0/s1. The van der Waals surface area contributed by atoms with E-state index >= 15 is 0 Å². The molecule has 1 aromatic rings. The van der Waals surface area contributed by atoms with Gasteiger partial charge >= 0.3 is 5.97 Å². The molecule has 0 saturated heterocycles. The van der Waals surface area contributed by atoms with Crippen LogP contribution < -0.4 is 5.73 Å². The third-order valence-corrected chi connectivity index (χ3v) is 2.86. The number of carboxylic acid groups (broad SMARTS) is 1. The number of hydrogen-bond acceptors (Lipinski definition) is 5. The molecule has 0 saturated carbocycles. The highest BCUT2D eigenvalue weighted by Crippen LogP contribution is 2.09. The molecule has 1 aromatic heterocycles. The van der Waals surface area contributed by atoms with Crippen molar-refractivity contribution >= 4 is 17.3 Å². The smallest absolute Gasteiger partial charge is 0.320 e. The molecule has 3 N–H and O–H groups in total. The van der Waals surface area contributed by atoms with Gasteiger partial charge in [-0.2, -0.15) is 10.2 Å². The van der Waals surface area contributed by atoms with Gasteiger partial charge in [0.15, 0.2) is 0 Å². The van der Waals surface area contributed by atoms with Gasteiger partial charge in [0.1, 0.15) is 6.04 Å². The fourth-order valence-electron chi connectivity index (χ4n) is 1.10. The largest absolute Gasteiger partial charge is 0.480 e. The van der Waals surface area contributed by atoms with Crippen LogP contribution in [0, 0.1) is 0 Å². The highest BCUT2D eigenvalue weighted by Gasteiger charge is 2.09. The third kappa shape index (κ3) is 4.99. The fraction of sp³-hybridized carbons (Fsp3) is 0.500. The Morgan fingerprint density at radius 1 is 1.56 bits per heavy atom. The quantitative estimate of drug-likeness (QED) is 0.564. The van der Waals surface area contributed by atoms with E-state index in [4.69, 9.17) is 10.8 Å². The summed E-state index contributed by atoms with van der Waals surface area (Å²) in [5.41, 5.74) is 5.34. The van der Waals surface area contributed by atoms with E-state index < -0.39 is 12.0 Å². The average molecular weight is 241 g/mol. The van der Waals surface area contributed by atoms with Crippen molar-refractivity contribution in [3.05, 3.63) is 22.4 Å². The Balaban J connectivity index is 2.07. The molecule has 5 nitrogen and oxygen atoms in total. The van der Waals surface area contributed by atoms with Crippen LogP contribution in [0.15, 0.2) is 27.7 Å². The van der Waals surface area contributed by atoms with Crippen molar-refractivity contribution in [3.63, 3.8) is 0 Å². The predicted molar refractivity (Wildman–Crippen MR) is 62.6 cm³/mol. The van der Waals surface area contributed by atoms with E-state index in [2.05, 4.69) is 10.2 Å². The molecule has 0 radical (unpaired) electrons. The lowest BCUT2D eigenvalue weighted by atomic mass is 10.2. The number of azo groups is 1. The van der Waals surface area contributed by atoms with Gasteiger partial charge in [-0.3, -0.25) is 4.79 Å². The Hall–Kier alpha value is -1.27. The summed E-state index contributed by atoms with van der Waals surface area (Å²) in [6.07, 6.45) is 1.09. The fourth-order valence-corrected chi connectivity index (χ4v) is 1.72. The molecule has 1 heterocycles. The first-order valence-electron chi connectivity index (χ1n) is 5.04. The lowest BCUT2D eigenvalue weighted by Crippen LogP contribution is -2.29. The molecule has 6 heteroatoms. The maximum absolute atomic E-state index is 10.4. The van der Waals surface area contributed by atoms with Crippen molar-refractivity contribution in [1.29, 1.82) is 0 Å². The van der Waals surface area contributed by atoms with Crippen molar-refractivity contribution in [1.82, 2.24) is 0 Å². The first-order chi connectivity index (χ1) is 7.70. The molecule has 16 heavy (non-hydrogen) atoms. The molecule has 0 unspecified atom stereocenters. The Kier molecular flexibility index (Phi) is 5.66. The maximum atomic E-state index is 10.4. The van der Waals surface area contributed by atoms with Gasteiger partial charge in [0.2, 0.25) is 0 Å². The zero-order chi connectivity index (χ0) is 11.8. The summed E-state index contributed by atoms with van der Waals surface area (Å²) >= 11 is 1.64. The summed E-state index contributed by atoms with van der Waals surface area (Å²) < 4.78 is 0.